The van der Waals surface area contributed by atoms with Crippen molar-refractivity contribution >= 4 is 51.0 Å². The molecular weight excluding hydrogens is 440 g/mol. The van der Waals surface area contributed by atoms with E-state index in [-0.39, 0.29) is 27.0 Å². The summed E-state index contributed by atoms with van der Waals surface area (Å²) in [7, 11) is -4.20. The second-order valence-electron chi connectivity index (χ2n) is 6.18. The molecule has 0 fully saturated rings. The summed E-state index contributed by atoms with van der Waals surface area (Å²) in [5.41, 5.74) is 3.42. The van der Waals surface area contributed by atoms with Crippen LogP contribution in [0.3, 0.4) is 0 Å². The zero-order valence-corrected chi connectivity index (χ0v) is 17.5. The van der Waals surface area contributed by atoms with E-state index in [9.17, 15) is 18.5 Å². The molecule has 0 heterocycles. The lowest BCUT2D eigenvalue weighted by atomic mass is 10.2. The maximum absolute atomic E-state index is 12.9. The first-order valence-electron chi connectivity index (χ1n) is 8.93. The van der Waals surface area contributed by atoms with Crippen LogP contribution in [0.5, 0.6) is 0 Å². The lowest BCUT2D eigenvalue weighted by molar-refractivity contribution is -0.385. The van der Waals surface area contributed by atoms with E-state index < -0.39 is 14.9 Å². The average molecular weight is 457 g/mol. The van der Waals surface area contributed by atoms with Gasteiger partial charge in [-0.3, -0.25) is 20.3 Å². The number of allylic oxidation sites excluding steroid dienone is 1. The predicted octanol–water partition coefficient (Wildman–Crippen LogP) is 5.16. The number of sulfonamides is 1. The Morgan fingerprint density at radius 1 is 0.968 bits per heavy atom. The van der Waals surface area contributed by atoms with Crippen LogP contribution in [-0.2, 0) is 10.0 Å². The van der Waals surface area contributed by atoms with Crippen molar-refractivity contribution < 1.29 is 13.3 Å². The molecule has 0 bridgehead atoms. The van der Waals surface area contributed by atoms with Gasteiger partial charge in [0.15, 0.2) is 0 Å². The molecule has 0 atom stereocenters. The van der Waals surface area contributed by atoms with Crippen LogP contribution in [0.25, 0.3) is 6.08 Å². The topological polar surface area (TPSA) is 114 Å². The van der Waals surface area contributed by atoms with E-state index in [2.05, 4.69) is 15.2 Å². The summed E-state index contributed by atoms with van der Waals surface area (Å²) < 4.78 is 28.2. The first kappa shape index (κ1) is 22.0. The highest BCUT2D eigenvalue weighted by Gasteiger charge is 2.23. The summed E-state index contributed by atoms with van der Waals surface area (Å²) in [5.74, 6) is 0. The van der Waals surface area contributed by atoms with E-state index in [1.807, 2.05) is 36.4 Å². The van der Waals surface area contributed by atoms with Crippen LogP contribution < -0.4 is 10.1 Å². The third-order valence-corrected chi connectivity index (χ3v) is 5.75. The van der Waals surface area contributed by atoms with Crippen LogP contribution in [0, 0.1) is 10.1 Å². The molecule has 3 rings (SSSR count). The number of hydrazone groups is 1. The Hall–Kier alpha value is -3.69. The average Bonchev–Trinajstić information content (AvgIpc) is 2.75. The molecule has 0 aromatic heterocycles. The molecule has 8 nitrogen and oxygen atoms in total. The summed E-state index contributed by atoms with van der Waals surface area (Å²) in [6.45, 7) is 0. The number of para-hydroxylation sites is 1. The van der Waals surface area contributed by atoms with Gasteiger partial charge in [-0.25, -0.2) is 8.42 Å². The van der Waals surface area contributed by atoms with Crippen LogP contribution in [0.4, 0.5) is 17.1 Å². The lowest BCUT2D eigenvalue weighted by Crippen LogP contribution is -2.15. The summed E-state index contributed by atoms with van der Waals surface area (Å²) >= 11 is 6.03. The molecule has 0 spiro atoms. The molecule has 3 aromatic rings. The number of non-ortho nitro benzene ring substituents is 1. The van der Waals surface area contributed by atoms with Crippen molar-refractivity contribution in [1.29, 1.82) is 0 Å². The van der Waals surface area contributed by atoms with Gasteiger partial charge < -0.3 is 0 Å². The maximum atomic E-state index is 12.9. The highest BCUT2D eigenvalue weighted by atomic mass is 35.5. The smallest absolute Gasteiger partial charge is 0.270 e. The number of nitrogens with one attached hydrogen (secondary N) is 2. The molecule has 10 heteroatoms. The number of benzene rings is 3. The largest absolute Gasteiger partial charge is 0.278 e. The molecule has 0 unspecified atom stereocenters. The van der Waals surface area contributed by atoms with Crippen LogP contribution >= 0.6 is 11.6 Å². The zero-order valence-electron chi connectivity index (χ0n) is 16.0. The zero-order chi connectivity index (χ0) is 22.3. The summed E-state index contributed by atoms with van der Waals surface area (Å²) in [6, 6.07) is 19.2. The molecule has 0 saturated carbocycles. The number of nitrogens with zero attached hydrogens (tertiary/aromatic N) is 2. The second kappa shape index (κ2) is 9.88. The Labute approximate surface area is 184 Å². The lowest BCUT2D eigenvalue weighted by Gasteiger charge is -2.12. The Morgan fingerprint density at radius 2 is 1.68 bits per heavy atom. The number of hydrogen-bond donors (Lipinski definition) is 2. The van der Waals surface area contributed by atoms with Gasteiger partial charge in [-0.1, -0.05) is 60.1 Å². The molecule has 0 amide bonds. The van der Waals surface area contributed by atoms with Crippen LogP contribution in [-0.4, -0.2) is 19.6 Å². The van der Waals surface area contributed by atoms with Gasteiger partial charge in [-0.15, -0.1) is 0 Å². The number of nitro benzene ring substituents is 1. The fourth-order valence-corrected chi connectivity index (χ4v) is 4.05. The molecule has 0 saturated heterocycles. The standard InChI is InChI=1S/C21H17ClN4O4S/c22-18-10-4-5-11-19(18)25-31(29,30)21-15-17(26(27)28)12-13-20(21)24-23-14-6-9-16-7-2-1-3-8-16/h1-15,24-25H/b9-6+,23-14+. The monoisotopic (exact) mass is 456 g/mol. The van der Waals surface area contributed by atoms with Crippen LogP contribution in [0.15, 0.2) is 88.9 Å². The Morgan fingerprint density at radius 3 is 2.39 bits per heavy atom. The van der Waals surface area contributed by atoms with Gasteiger partial charge in [0.1, 0.15) is 4.90 Å². The third kappa shape index (κ3) is 5.91. The van der Waals surface area contributed by atoms with E-state index >= 15 is 0 Å². The van der Waals surface area contributed by atoms with E-state index in [0.717, 1.165) is 11.6 Å². The number of nitro groups is 1. The van der Waals surface area contributed by atoms with E-state index in [0.29, 0.717) is 0 Å². The number of halogens is 1. The van der Waals surface area contributed by atoms with Gasteiger partial charge in [0.2, 0.25) is 0 Å². The van der Waals surface area contributed by atoms with Gasteiger partial charge >= 0.3 is 0 Å². The quantitative estimate of drug-likeness (QED) is 0.276. The number of rotatable bonds is 8. The fraction of sp³-hybridized carbons (Fsp3) is 0. The molecular formula is C21H17ClN4O4S. The predicted molar refractivity (Wildman–Crippen MR) is 123 cm³/mol. The summed E-state index contributed by atoms with van der Waals surface area (Å²) in [4.78, 5) is 10.1. The van der Waals surface area contributed by atoms with Gasteiger partial charge in [-0.05, 0) is 29.8 Å². The molecule has 3 aromatic carbocycles. The Kier molecular flexibility index (Phi) is 7.01. The summed E-state index contributed by atoms with van der Waals surface area (Å²) in [6.07, 6.45) is 4.92. The molecule has 31 heavy (non-hydrogen) atoms. The van der Waals surface area contributed by atoms with Crippen molar-refractivity contribution in [3.05, 3.63) is 99.6 Å². The second-order valence-corrected chi connectivity index (χ2v) is 8.24. The van der Waals surface area contributed by atoms with Gasteiger partial charge in [-0.2, -0.15) is 5.10 Å². The van der Waals surface area contributed by atoms with Crippen molar-refractivity contribution in [3.63, 3.8) is 0 Å². The van der Waals surface area contributed by atoms with Crippen LogP contribution in [0.2, 0.25) is 5.02 Å². The van der Waals surface area contributed by atoms with Crippen molar-refractivity contribution in [2.24, 2.45) is 5.10 Å². The van der Waals surface area contributed by atoms with Crippen molar-refractivity contribution in [2.75, 3.05) is 10.1 Å². The Bertz CT molecular complexity index is 1250. The molecule has 0 aliphatic rings. The fourth-order valence-electron chi connectivity index (χ4n) is 2.55. The highest BCUT2D eigenvalue weighted by Crippen LogP contribution is 2.30. The normalized spacial score (nSPS) is 11.6. The number of hydrogen-bond acceptors (Lipinski definition) is 6. The first-order valence-corrected chi connectivity index (χ1v) is 10.8. The van der Waals surface area contributed by atoms with E-state index in [4.69, 9.17) is 11.6 Å². The third-order valence-electron chi connectivity index (χ3n) is 4.02. The van der Waals surface area contributed by atoms with Crippen LogP contribution in [0.1, 0.15) is 5.56 Å². The molecule has 0 aliphatic heterocycles. The van der Waals surface area contributed by atoms with E-state index in [1.54, 1.807) is 18.2 Å². The minimum atomic E-state index is -4.20. The van der Waals surface area contributed by atoms with Gasteiger partial charge in [0.05, 0.1) is 21.3 Å². The van der Waals surface area contributed by atoms with Gasteiger partial charge in [0.25, 0.3) is 15.7 Å². The Balaban J connectivity index is 1.87. The van der Waals surface area contributed by atoms with Gasteiger partial charge in [0, 0.05) is 18.3 Å². The molecule has 2 N–H and O–H groups in total. The maximum Gasteiger partial charge on any atom is 0.270 e. The first-order chi connectivity index (χ1) is 14.9. The van der Waals surface area contributed by atoms with Crippen molar-refractivity contribution in [3.8, 4) is 0 Å². The van der Waals surface area contributed by atoms with Crippen molar-refractivity contribution in [2.45, 2.75) is 4.90 Å². The minimum Gasteiger partial charge on any atom is -0.278 e. The number of anilines is 2. The molecule has 158 valence electrons. The SMILES string of the molecule is O=[N+]([O-])c1ccc(N/N=C/C=C/c2ccccc2)c(S(=O)(=O)Nc2ccccc2Cl)c1. The minimum absolute atomic E-state index is 0.0644. The van der Waals surface area contributed by atoms with E-state index in [1.165, 1.54) is 30.5 Å². The highest BCUT2D eigenvalue weighted by molar-refractivity contribution is 7.93. The molecule has 0 radical (unpaired) electrons. The summed E-state index contributed by atoms with van der Waals surface area (Å²) in [5, 5.41) is 15.3. The van der Waals surface area contributed by atoms with Crippen molar-refractivity contribution in [1.82, 2.24) is 0 Å². The molecule has 0 aliphatic carbocycles.